The van der Waals surface area contributed by atoms with Crippen LogP contribution in [0.2, 0.25) is 0 Å². The van der Waals surface area contributed by atoms with E-state index in [0.717, 1.165) is 0 Å². The number of carbonyl (C=O) groups is 2. The summed E-state index contributed by atoms with van der Waals surface area (Å²) >= 11 is 0. The Kier molecular flexibility index (Phi) is 3.07. The number of hydrogen-bond acceptors (Lipinski definition) is 2. The second-order valence-corrected chi connectivity index (χ2v) is 4.02. The highest BCUT2D eigenvalue weighted by molar-refractivity contribution is 5.83. The molecule has 0 spiro atoms. The van der Waals surface area contributed by atoms with Crippen molar-refractivity contribution >= 4 is 11.7 Å². The third kappa shape index (κ3) is 2.29. The van der Waals surface area contributed by atoms with Crippen LogP contribution in [0.1, 0.15) is 33.6 Å². The van der Waals surface area contributed by atoms with Gasteiger partial charge in [-0.25, -0.2) is 0 Å². The highest BCUT2D eigenvalue weighted by Crippen LogP contribution is 2.20. The Balaban J connectivity index is 2.71. The van der Waals surface area contributed by atoms with Crippen molar-refractivity contribution in [2.75, 3.05) is 6.54 Å². The molecule has 0 bridgehead atoms. The van der Waals surface area contributed by atoms with Gasteiger partial charge in [0.1, 0.15) is 5.78 Å². The van der Waals surface area contributed by atoms with E-state index in [1.807, 2.05) is 4.90 Å². The summed E-state index contributed by atoms with van der Waals surface area (Å²) in [5.74, 6) is 0.746. The quantitative estimate of drug-likeness (QED) is 0.613. The minimum absolute atomic E-state index is 0.0891. The van der Waals surface area contributed by atoms with Crippen molar-refractivity contribution in [1.82, 2.24) is 4.90 Å². The van der Waals surface area contributed by atoms with Gasteiger partial charge in [-0.05, 0) is 5.92 Å². The van der Waals surface area contributed by atoms with Crippen molar-refractivity contribution < 1.29 is 9.59 Å². The third-order valence-corrected chi connectivity index (χ3v) is 2.64. The smallest absolute Gasteiger partial charge is 0.219 e. The van der Waals surface area contributed by atoms with Gasteiger partial charge in [-0.15, -0.1) is 0 Å². The van der Waals surface area contributed by atoms with Crippen LogP contribution < -0.4 is 0 Å². The molecule has 1 saturated heterocycles. The second-order valence-electron chi connectivity index (χ2n) is 4.02. The first-order valence-electron chi connectivity index (χ1n) is 4.81. The Morgan fingerprint density at radius 1 is 1.54 bits per heavy atom. The molecular weight excluding hydrogens is 166 g/mol. The van der Waals surface area contributed by atoms with Crippen LogP contribution in [-0.4, -0.2) is 29.2 Å². The number of ketones is 1. The van der Waals surface area contributed by atoms with Gasteiger partial charge in [0.25, 0.3) is 0 Å². The van der Waals surface area contributed by atoms with E-state index in [-0.39, 0.29) is 17.7 Å². The SMILES string of the molecule is CC(=O)N1CCC(=O)C[C@H]1C(C)C. The predicted octanol–water partition coefficient (Wildman–Crippen LogP) is 1.22. The van der Waals surface area contributed by atoms with Gasteiger partial charge in [0.15, 0.2) is 0 Å². The van der Waals surface area contributed by atoms with E-state index < -0.39 is 0 Å². The summed E-state index contributed by atoms with van der Waals surface area (Å²) in [5.41, 5.74) is 0. The summed E-state index contributed by atoms with van der Waals surface area (Å²) in [5, 5.41) is 0. The number of amides is 1. The molecule has 0 aliphatic carbocycles. The summed E-state index contributed by atoms with van der Waals surface area (Å²) in [6.45, 7) is 6.29. The molecule has 74 valence electrons. The maximum absolute atomic E-state index is 11.2. The van der Waals surface area contributed by atoms with Gasteiger partial charge in [0.2, 0.25) is 5.91 Å². The molecule has 0 aromatic rings. The molecule has 0 unspecified atom stereocenters. The summed E-state index contributed by atoms with van der Waals surface area (Å²) < 4.78 is 0. The summed E-state index contributed by atoms with van der Waals surface area (Å²) in [6, 6.07) is 0.124. The number of likely N-dealkylation sites (tertiary alicyclic amines) is 1. The van der Waals surface area contributed by atoms with Crippen molar-refractivity contribution in [3.63, 3.8) is 0 Å². The van der Waals surface area contributed by atoms with Crippen LogP contribution in [0.4, 0.5) is 0 Å². The highest BCUT2D eigenvalue weighted by atomic mass is 16.2. The molecule has 0 aromatic carbocycles. The van der Waals surface area contributed by atoms with Crippen molar-refractivity contribution in [3.05, 3.63) is 0 Å². The first kappa shape index (κ1) is 10.2. The molecule has 0 N–H and O–H groups in total. The minimum atomic E-state index is 0.0891. The number of rotatable bonds is 1. The van der Waals surface area contributed by atoms with Crippen LogP contribution in [0.25, 0.3) is 0 Å². The Bertz CT molecular complexity index is 223. The van der Waals surface area contributed by atoms with Crippen LogP contribution in [-0.2, 0) is 9.59 Å². The van der Waals surface area contributed by atoms with Gasteiger partial charge in [-0.2, -0.15) is 0 Å². The van der Waals surface area contributed by atoms with E-state index in [4.69, 9.17) is 0 Å². The Hall–Kier alpha value is -0.860. The molecule has 1 amide bonds. The molecule has 1 rings (SSSR count). The number of Topliss-reactive ketones (excluding diaryl/α,β-unsaturated/α-hetero) is 1. The molecule has 1 fully saturated rings. The molecule has 1 heterocycles. The van der Waals surface area contributed by atoms with Gasteiger partial charge in [0, 0.05) is 32.4 Å². The van der Waals surface area contributed by atoms with Crippen molar-refractivity contribution in [2.24, 2.45) is 5.92 Å². The molecule has 0 radical (unpaired) electrons. The topological polar surface area (TPSA) is 37.4 Å². The van der Waals surface area contributed by atoms with Gasteiger partial charge in [0.05, 0.1) is 0 Å². The fourth-order valence-corrected chi connectivity index (χ4v) is 1.84. The normalized spacial score (nSPS) is 23.8. The molecule has 1 aliphatic heterocycles. The van der Waals surface area contributed by atoms with Crippen molar-refractivity contribution in [3.8, 4) is 0 Å². The average Bonchev–Trinajstić information content (AvgIpc) is 2.03. The lowest BCUT2D eigenvalue weighted by Crippen LogP contribution is -2.47. The monoisotopic (exact) mass is 183 g/mol. The van der Waals surface area contributed by atoms with E-state index in [1.165, 1.54) is 0 Å². The van der Waals surface area contributed by atoms with Gasteiger partial charge < -0.3 is 4.90 Å². The Labute approximate surface area is 79.1 Å². The van der Waals surface area contributed by atoms with Gasteiger partial charge >= 0.3 is 0 Å². The zero-order valence-corrected chi connectivity index (χ0v) is 8.54. The molecule has 13 heavy (non-hydrogen) atoms. The van der Waals surface area contributed by atoms with E-state index in [0.29, 0.717) is 25.3 Å². The van der Waals surface area contributed by atoms with E-state index in [2.05, 4.69) is 13.8 Å². The maximum Gasteiger partial charge on any atom is 0.219 e. The first-order chi connectivity index (χ1) is 6.02. The van der Waals surface area contributed by atoms with Gasteiger partial charge in [-0.1, -0.05) is 13.8 Å². The first-order valence-corrected chi connectivity index (χ1v) is 4.81. The van der Waals surface area contributed by atoms with E-state index in [9.17, 15) is 9.59 Å². The van der Waals surface area contributed by atoms with Crippen LogP contribution >= 0.6 is 0 Å². The molecule has 3 heteroatoms. The largest absolute Gasteiger partial charge is 0.339 e. The zero-order valence-electron chi connectivity index (χ0n) is 8.54. The molecule has 0 saturated carbocycles. The predicted molar refractivity (Wildman–Crippen MR) is 50.3 cm³/mol. The lowest BCUT2D eigenvalue weighted by Gasteiger charge is -2.36. The molecule has 1 aliphatic rings. The summed E-state index contributed by atoms with van der Waals surface area (Å²) in [4.78, 5) is 24.3. The number of hydrogen-bond donors (Lipinski definition) is 0. The van der Waals surface area contributed by atoms with E-state index >= 15 is 0 Å². The Morgan fingerprint density at radius 3 is 2.62 bits per heavy atom. The number of piperidine rings is 1. The van der Waals surface area contributed by atoms with Crippen LogP contribution in [0, 0.1) is 5.92 Å². The lowest BCUT2D eigenvalue weighted by molar-refractivity contribution is -0.137. The fraction of sp³-hybridized carbons (Fsp3) is 0.800. The molecule has 1 atom stereocenters. The van der Waals surface area contributed by atoms with Crippen LogP contribution in [0.3, 0.4) is 0 Å². The van der Waals surface area contributed by atoms with Gasteiger partial charge in [-0.3, -0.25) is 9.59 Å². The van der Waals surface area contributed by atoms with Crippen LogP contribution in [0.15, 0.2) is 0 Å². The number of nitrogens with zero attached hydrogens (tertiary/aromatic N) is 1. The standard InChI is InChI=1S/C10H17NO2/c1-7(2)10-6-9(13)4-5-11(10)8(3)12/h7,10H,4-6H2,1-3H3/t10-/m0/s1. The highest BCUT2D eigenvalue weighted by Gasteiger charge is 2.30. The minimum Gasteiger partial charge on any atom is -0.339 e. The van der Waals surface area contributed by atoms with Crippen molar-refractivity contribution in [2.45, 2.75) is 39.7 Å². The summed E-state index contributed by atoms with van der Waals surface area (Å²) in [6.07, 6.45) is 1.07. The molecular formula is C10H17NO2. The summed E-state index contributed by atoms with van der Waals surface area (Å²) in [7, 11) is 0. The Morgan fingerprint density at radius 2 is 2.15 bits per heavy atom. The fourth-order valence-electron chi connectivity index (χ4n) is 1.84. The van der Waals surface area contributed by atoms with Crippen molar-refractivity contribution in [1.29, 1.82) is 0 Å². The van der Waals surface area contributed by atoms with Crippen LogP contribution in [0.5, 0.6) is 0 Å². The molecule has 3 nitrogen and oxygen atoms in total. The average molecular weight is 183 g/mol. The number of carbonyl (C=O) groups excluding carboxylic acids is 2. The maximum atomic E-state index is 11.2. The lowest BCUT2D eigenvalue weighted by atomic mass is 9.92. The third-order valence-electron chi connectivity index (χ3n) is 2.64. The molecule has 0 aromatic heterocycles. The van der Waals surface area contributed by atoms with E-state index in [1.54, 1.807) is 6.92 Å². The zero-order chi connectivity index (χ0) is 10.0. The second kappa shape index (κ2) is 3.90.